The molecule has 0 aliphatic rings. The molecule has 2 aromatic carbocycles. The van der Waals surface area contributed by atoms with Gasteiger partial charge in [0.1, 0.15) is 0 Å². The maximum atomic E-state index is 9.22. The summed E-state index contributed by atoms with van der Waals surface area (Å²) < 4.78 is 0. The molecule has 0 spiro atoms. The molecule has 0 saturated heterocycles. The Bertz CT molecular complexity index is 510. The van der Waals surface area contributed by atoms with E-state index in [0.717, 1.165) is 19.5 Å². The molecule has 0 aliphatic heterocycles. The molecule has 2 N–H and O–H groups in total. The van der Waals surface area contributed by atoms with Crippen LogP contribution in [0.3, 0.4) is 0 Å². The molecular formula is C18H23NO. The van der Waals surface area contributed by atoms with Gasteiger partial charge in [0.15, 0.2) is 0 Å². The minimum Gasteiger partial charge on any atom is -0.396 e. The Kier molecular flexibility index (Phi) is 5.78. The molecule has 2 rings (SSSR count). The first-order valence-corrected chi connectivity index (χ1v) is 7.21. The Morgan fingerprint density at radius 3 is 2.55 bits per heavy atom. The van der Waals surface area contributed by atoms with Crippen LogP contribution in [0.2, 0.25) is 0 Å². The van der Waals surface area contributed by atoms with Crippen molar-refractivity contribution in [1.82, 2.24) is 5.32 Å². The van der Waals surface area contributed by atoms with E-state index in [-0.39, 0.29) is 6.61 Å². The third-order valence-electron chi connectivity index (χ3n) is 3.55. The van der Waals surface area contributed by atoms with E-state index in [1.165, 1.54) is 16.7 Å². The van der Waals surface area contributed by atoms with Gasteiger partial charge in [-0.2, -0.15) is 0 Å². The molecule has 0 fully saturated rings. The number of aliphatic hydroxyl groups is 1. The maximum Gasteiger partial charge on any atom is 0.0437 e. The van der Waals surface area contributed by atoms with E-state index < -0.39 is 0 Å². The second kappa shape index (κ2) is 7.83. The van der Waals surface area contributed by atoms with Gasteiger partial charge in [-0.1, -0.05) is 60.2 Å². The van der Waals surface area contributed by atoms with Crippen LogP contribution < -0.4 is 5.32 Å². The summed E-state index contributed by atoms with van der Waals surface area (Å²) in [6.45, 7) is 4.10. The van der Waals surface area contributed by atoms with Crippen molar-refractivity contribution in [3.8, 4) is 0 Å². The van der Waals surface area contributed by atoms with Crippen molar-refractivity contribution < 1.29 is 5.11 Å². The van der Waals surface area contributed by atoms with Gasteiger partial charge in [0.25, 0.3) is 0 Å². The normalized spacial score (nSPS) is 12.3. The zero-order valence-corrected chi connectivity index (χ0v) is 12.0. The summed E-state index contributed by atoms with van der Waals surface area (Å²) in [6.07, 6.45) is 0.796. The molecule has 0 aliphatic carbocycles. The standard InChI is InChI=1S/C18H23NO/c1-15-6-5-7-16(12-15)13-19-14-18(10-11-20)17-8-3-2-4-9-17/h2-9,12,18-20H,10-11,13-14H2,1H3. The summed E-state index contributed by atoms with van der Waals surface area (Å²) >= 11 is 0. The third kappa shape index (κ3) is 4.48. The van der Waals surface area contributed by atoms with Gasteiger partial charge in [-0.3, -0.25) is 0 Å². The second-order valence-electron chi connectivity index (χ2n) is 5.24. The van der Waals surface area contributed by atoms with E-state index in [9.17, 15) is 5.11 Å². The van der Waals surface area contributed by atoms with Gasteiger partial charge in [0.2, 0.25) is 0 Å². The smallest absolute Gasteiger partial charge is 0.0437 e. The number of rotatable bonds is 7. The minimum atomic E-state index is 0.228. The van der Waals surface area contributed by atoms with Crippen LogP contribution >= 0.6 is 0 Å². The van der Waals surface area contributed by atoms with Crippen molar-refractivity contribution in [3.63, 3.8) is 0 Å². The molecule has 0 radical (unpaired) electrons. The summed E-state index contributed by atoms with van der Waals surface area (Å²) in [5.74, 6) is 0.367. The Labute approximate surface area is 121 Å². The summed E-state index contributed by atoms with van der Waals surface area (Å²) in [5.41, 5.74) is 3.89. The van der Waals surface area contributed by atoms with Crippen LogP contribution in [0.4, 0.5) is 0 Å². The summed E-state index contributed by atoms with van der Waals surface area (Å²) in [4.78, 5) is 0. The van der Waals surface area contributed by atoms with Crippen molar-refractivity contribution in [2.24, 2.45) is 0 Å². The van der Waals surface area contributed by atoms with Crippen molar-refractivity contribution >= 4 is 0 Å². The van der Waals surface area contributed by atoms with Crippen LogP contribution in [-0.2, 0) is 6.54 Å². The molecule has 0 aromatic heterocycles. The van der Waals surface area contributed by atoms with Gasteiger partial charge >= 0.3 is 0 Å². The Morgan fingerprint density at radius 1 is 1.05 bits per heavy atom. The van der Waals surface area contributed by atoms with E-state index in [1.54, 1.807) is 0 Å². The molecular weight excluding hydrogens is 246 g/mol. The lowest BCUT2D eigenvalue weighted by atomic mass is 9.96. The molecule has 2 nitrogen and oxygen atoms in total. The van der Waals surface area contributed by atoms with E-state index in [0.29, 0.717) is 5.92 Å². The first-order chi connectivity index (χ1) is 9.79. The summed E-state index contributed by atoms with van der Waals surface area (Å²) in [6, 6.07) is 19.0. The van der Waals surface area contributed by atoms with Crippen LogP contribution in [0, 0.1) is 6.92 Å². The fourth-order valence-corrected chi connectivity index (χ4v) is 2.48. The molecule has 0 bridgehead atoms. The molecule has 106 valence electrons. The van der Waals surface area contributed by atoms with Gasteiger partial charge < -0.3 is 10.4 Å². The summed E-state index contributed by atoms with van der Waals surface area (Å²) in [7, 11) is 0. The number of hydrogen-bond acceptors (Lipinski definition) is 2. The van der Waals surface area contributed by atoms with E-state index in [2.05, 4.69) is 60.8 Å². The molecule has 0 saturated carbocycles. The Morgan fingerprint density at radius 2 is 1.85 bits per heavy atom. The second-order valence-corrected chi connectivity index (χ2v) is 5.24. The van der Waals surface area contributed by atoms with Gasteiger partial charge in [-0.25, -0.2) is 0 Å². The molecule has 2 heteroatoms. The molecule has 20 heavy (non-hydrogen) atoms. The van der Waals surface area contributed by atoms with E-state index in [1.807, 2.05) is 6.07 Å². The van der Waals surface area contributed by atoms with Crippen LogP contribution in [0.25, 0.3) is 0 Å². The molecule has 0 amide bonds. The van der Waals surface area contributed by atoms with Crippen LogP contribution in [0.1, 0.15) is 29.0 Å². The highest BCUT2D eigenvalue weighted by Gasteiger charge is 2.10. The number of aliphatic hydroxyl groups excluding tert-OH is 1. The fraction of sp³-hybridized carbons (Fsp3) is 0.333. The molecule has 0 heterocycles. The number of nitrogens with one attached hydrogen (secondary N) is 1. The lowest BCUT2D eigenvalue weighted by Gasteiger charge is -2.17. The first kappa shape index (κ1) is 14.8. The SMILES string of the molecule is Cc1cccc(CNCC(CCO)c2ccccc2)c1. The quantitative estimate of drug-likeness (QED) is 0.808. The van der Waals surface area contributed by atoms with Gasteiger partial charge in [0, 0.05) is 19.7 Å². The van der Waals surface area contributed by atoms with Crippen molar-refractivity contribution in [1.29, 1.82) is 0 Å². The number of aryl methyl sites for hydroxylation is 1. The lowest BCUT2D eigenvalue weighted by Crippen LogP contribution is -2.22. The fourth-order valence-electron chi connectivity index (χ4n) is 2.48. The van der Waals surface area contributed by atoms with E-state index >= 15 is 0 Å². The van der Waals surface area contributed by atoms with Gasteiger partial charge in [0.05, 0.1) is 0 Å². The monoisotopic (exact) mass is 269 g/mol. The molecule has 1 unspecified atom stereocenters. The van der Waals surface area contributed by atoms with Crippen molar-refractivity contribution in [2.75, 3.05) is 13.2 Å². The van der Waals surface area contributed by atoms with Crippen molar-refractivity contribution in [2.45, 2.75) is 25.8 Å². The van der Waals surface area contributed by atoms with Gasteiger partial charge in [-0.15, -0.1) is 0 Å². The first-order valence-electron chi connectivity index (χ1n) is 7.21. The van der Waals surface area contributed by atoms with E-state index in [4.69, 9.17) is 0 Å². The number of benzene rings is 2. The molecule has 1 atom stereocenters. The zero-order valence-electron chi connectivity index (χ0n) is 12.0. The van der Waals surface area contributed by atoms with Crippen LogP contribution in [0.15, 0.2) is 54.6 Å². The average Bonchev–Trinajstić information content (AvgIpc) is 2.47. The topological polar surface area (TPSA) is 32.3 Å². The Hall–Kier alpha value is -1.64. The maximum absolute atomic E-state index is 9.22. The predicted octanol–water partition coefficient (Wildman–Crippen LogP) is 3.25. The zero-order chi connectivity index (χ0) is 14.2. The predicted molar refractivity (Wildman–Crippen MR) is 83.8 cm³/mol. The van der Waals surface area contributed by atoms with Gasteiger partial charge in [-0.05, 0) is 30.4 Å². The Balaban J connectivity index is 1.90. The van der Waals surface area contributed by atoms with Crippen LogP contribution in [0.5, 0.6) is 0 Å². The highest BCUT2D eigenvalue weighted by Crippen LogP contribution is 2.18. The molecule has 2 aromatic rings. The number of hydrogen-bond donors (Lipinski definition) is 2. The lowest BCUT2D eigenvalue weighted by molar-refractivity contribution is 0.273. The highest BCUT2D eigenvalue weighted by molar-refractivity contribution is 5.22. The van der Waals surface area contributed by atoms with Crippen molar-refractivity contribution in [3.05, 3.63) is 71.3 Å². The largest absolute Gasteiger partial charge is 0.396 e. The van der Waals surface area contributed by atoms with Crippen LogP contribution in [-0.4, -0.2) is 18.3 Å². The third-order valence-corrected chi connectivity index (χ3v) is 3.55. The highest BCUT2D eigenvalue weighted by atomic mass is 16.3. The minimum absolute atomic E-state index is 0.228. The average molecular weight is 269 g/mol. The summed E-state index contributed by atoms with van der Waals surface area (Å²) in [5, 5.41) is 12.7.